The van der Waals surface area contributed by atoms with Gasteiger partial charge in [-0.1, -0.05) is 25.7 Å². The highest BCUT2D eigenvalue weighted by Gasteiger charge is 2.30. The highest BCUT2D eigenvalue weighted by molar-refractivity contribution is 7.80. The number of hydrogen-bond acceptors (Lipinski definition) is 3. The summed E-state index contributed by atoms with van der Waals surface area (Å²) in [7, 11) is 2.10. The Labute approximate surface area is 99.5 Å². The number of aliphatic hydroxyl groups is 1. The maximum absolute atomic E-state index is 8.92. The average Bonchev–Trinajstić information content (AvgIpc) is 2.44. The zero-order chi connectivity index (χ0) is 11.1. The van der Waals surface area contributed by atoms with Crippen LogP contribution >= 0.6 is 12.6 Å². The van der Waals surface area contributed by atoms with Crippen molar-refractivity contribution >= 4 is 12.6 Å². The van der Waals surface area contributed by atoms with Crippen molar-refractivity contribution in [3.63, 3.8) is 0 Å². The molecule has 1 saturated carbocycles. The lowest BCUT2D eigenvalue weighted by Crippen LogP contribution is -2.38. The van der Waals surface area contributed by atoms with Gasteiger partial charge in [0.05, 0.1) is 6.61 Å². The quantitative estimate of drug-likeness (QED) is 0.560. The zero-order valence-corrected chi connectivity index (χ0v) is 10.8. The summed E-state index contributed by atoms with van der Waals surface area (Å²) in [5, 5.41) is 8.92. The Balaban J connectivity index is 2.49. The van der Waals surface area contributed by atoms with Crippen LogP contribution in [0.3, 0.4) is 0 Å². The van der Waals surface area contributed by atoms with Crippen LogP contribution in [-0.4, -0.2) is 42.5 Å². The lowest BCUT2D eigenvalue weighted by Gasteiger charge is -2.35. The smallest absolute Gasteiger partial charge is 0.0558 e. The number of likely N-dealkylation sites (N-methyl/N-ethyl adjacent to an activating group) is 1. The highest BCUT2D eigenvalue weighted by Crippen LogP contribution is 2.36. The average molecular weight is 231 g/mol. The number of hydrogen-bond donors (Lipinski definition) is 2. The first-order chi connectivity index (χ1) is 7.22. The minimum absolute atomic E-state index is 0.263. The standard InChI is InChI=1S/C12H25NOS/c1-13(8-9-14)10-12(11-15)6-4-2-3-5-7-12/h14-15H,2-11H2,1H3. The summed E-state index contributed by atoms with van der Waals surface area (Å²) in [5.74, 6) is 0.989. The van der Waals surface area contributed by atoms with Gasteiger partial charge in [-0.25, -0.2) is 0 Å². The SMILES string of the molecule is CN(CCO)CC1(CS)CCCCCC1. The lowest BCUT2D eigenvalue weighted by molar-refractivity contribution is 0.148. The van der Waals surface area contributed by atoms with Gasteiger partial charge in [0, 0.05) is 13.1 Å². The van der Waals surface area contributed by atoms with Crippen molar-refractivity contribution in [3.8, 4) is 0 Å². The van der Waals surface area contributed by atoms with E-state index < -0.39 is 0 Å². The topological polar surface area (TPSA) is 23.5 Å². The Hall–Kier alpha value is 0.270. The molecule has 1 N–H and O–H groups in total. The third-order valence-corrected chi connectivity index (χ3v) is 4.26. The molecule has 90 valence electrons. The van der Waals surface area contributed by atoms with Gasteiger partial charge in [0.25, 0.3) is 0 Å². The molecule has 0 spiro atoms. The van der Waals surface area contributed by atoms with Crippen molar-refractivity contribution in [2.45, 2.75) is 38.5 Å². The monoisotopic (exact) mass is 231 g/mol. The van der Waals surface area contributed by atoms with E-state index in [1.807, 2.05) is 0 Å². The molecule has 0 aromatic carbocycles. The molecule has 15 heavy (non-hydrogen) atoms. The van der Waals surface area contributed by atoms with E-state index in [4.69, 9.17) is 5.11 Å². The molecule has 1 aliphatic carbocycles. The fraction of sp³-hybridized carbons (Fsp3) is 1.00. The normalized spacial score (nSPS) is 21.6. The van der Waals surface area contributed by atoms with Crippen LogP contribution in [0.15, 0.2) is 0 Å². The molecule has 2 nitrogen and oxygen atoms in total. The van der Waals surface area contributed by atoms with Crippen LogP contribution in [0.25, 0.3) is 0 Å². The molecular weight excluding hydrogens is 206 g/mol. The van der Waals surface area contributed by atoms with Crippen molar-refractivity contribution < 1.29 is 5.11 Å². The third kappa shape index (κ3) is 4.33. The molecule has 0 unspecified atom stereocenters. The van der Waals surface area contributed by atoms with Gasteiger partial charge >= 0.3 is 0 Å². The number of rotatable bonds is 5. The Morgan fingerprint density at radius 2 is 1.80 bits per heavy atom. The van der Waals surface area contributed by atoms with Gasteiger partial charge in [-0.05, 0) is 31.1 Å². The van der Waals surface area contributed by atoms with Crippen molar-refractivity contribution in [2.75, 3.05) is 32.5 Å². The molecule has 0 radical (unpaired) electrons. The molecule has 1 fully saturated rings. The summed E-state index contributed by atoms with van der Waals surface area (Å²) in [6, 6.07) is 0. The van der Waals surface area contributed by atoms with E-state index in [-0.39, 0.29) is 6.61 Å². The van der Waals surface area contributed by atoms with E-state index in [9.17, 15) is 0 Å². The van der Waals surface area contributed by atoms with E-state index in [1.54, 1.807) is 0 Å². The van der Waals surface area contributed by atoms with Gasteiger partial charge in [-0.15, -0.1) is 0 Å². The fourth-order valence-electron chi connectivity index (χ4n) is 2.67. The fourth-order valence-corrected chi connectivity index (χ4v) is 3.08. The molecule has 0 saturated heterocycles. The van der Waals surface area contributed by atoms with E-state index in [1.165, 1.54) is 38.5 Å². The summed E-state index contributed by atoms with van der Waals surface area (Å²) >= 11 is 4.55. The van der Waals surface area contributed by atoms with Gasteiger partial charge in [-0.3, -0.25) is 0 Å². The van der Waals surface area contributed by atoms with Crippen LogP contribution in [0.4, 0.5) is 0 Å². The number of nitrogens with zero attached hydrogens (tertiary/aromatic N) is 1. The summed E-state index contributed by atoms with van der Waals surface area (Å²) in [6.45, 7) is 2.14. The van der Waals surface area contributed by atoms with Gasteiger partial charge in [-0.2, -0.15) is 12.6 Å². The molecule has 3 heteroatoms. The van der Waals surface area contributed by atoms with Crippen LogP contribution in [0, 0.1) is 5.41 Å². The molecule has 1 rings (SSSR count). The van der Waals surface area contributed by atoms with Crippen molar-refractivity contribution in [1.82, 2.24) is 4.90 Å². The van der Waals surface area contributed by atoms with Gasteiger partial charge in [0.2, 0.25) is 0 Å². The molecule has 0 amide bonds. The summed E-state index contributed by atoms with van der Waals surface area (Å²) in [5.41, 5.74) is 0.406. The molecule has 0 aromatic heterocycles. The second-order valence-electron chi connectivity index (χ2n) is 5.03. The zero-order valence-electron chi connectivity index (χ0n) is 9.91. The van der Waals surface area contributed by atoms with Crippen LogP contribution < -0.4 is 0 Å². The summed E-state index contributed by atoms with van der Waals surface area (Å²) < 4.78 is 0. The maximum Gasteiger partial charge on any atom is 0.0558 e. The Morgan fingerprint density at radius 3 is 2.27 bits per heavy atom. The minimum atomic E-state index is 0.263. The minimum Gasteiger partial charge on any atom is -0.395 e. The van der Waals surface area contributed by atoms with E-state index >= 15 is 0 Å². The molecule has 0 heterocycles. The largest absolute Gasteiger partial charge is 0.395 e. The van der Waals surface area contributed by atoms with Crippen molar-refractivity contribution in [3.05, 3.63) is 0 Å². The predicted molar refractivity (Wildman–Crippen MR) is 68.6 cm³/mol. The van der Waals surface area contributed by atoms with Gasteiger partial charge in [0.1, 0.15) is 0 Å². The van der Waals surface area contributed by atoms with E-state index in [0.29, 0.717) is 5.41 Å². The van der Waals surface area contributed by atoms with Crippen LogP contribution in [0.5, 0.6) is 0 Å². The van der Waals surface area contributed by atoms with Gasteiger partial charge in [0.15, 0.2) is 0 Å². The molecular formula is C12H25NOS. The molecule has 0 aromatic rings. The summed E-state index contributed by atoms with van der Waals surface area (Å²) in [4.78, 5) is 2.25. The lowest BCUT2D eigenvalue weighted by atomic mass is 9.82. The third-order valence-electron chi connectivity index (χ3n) is 3.59. The van der Waals surface area contributed by atoms with E-state index in [2.05, 4.69) is 24.6 Å². The maximum atomic E-state index is 8.92. The molecule has 1 aliphatic rings. The van der Waals surface area contributed by atoms with Crippen LogP contribution in [0.2, 0.25) is 0 Å². The van der Waals surface area contributed by atoms with Crippen molar-refractivity contribution in [1.29, 1.82) is 0 Å². The Morgan fingerprint density at radius 1 is 1.20 bits per heavy atom. The van der Waals surface area contributed by atoms with Crippen LogP contribution in [-0.2, 0) is 0 Å². The Bertz CT molecular complexity index is 167. The molecule has 0 atom stereocenters. The first-order valence-corrected chi connectivity index (χ1v) is 6.76. The Kier molecular flexibility index (Phi) is 6.02. The number of aliphatic hydroxyl groups excluding tert-OH is 1. The second-order valence-corrected chi connectivity index (χ2v) is 5.35. The van der Waals surface area contributed by atoms with Crippen molar-refractivity contribution in [2.24, 2.45) is 5.41 Å². The van der Waals surface area contributed by atoms with E-state index in [0.717, 1.165) is 18.8 Å². The first kappa shape index (κ1) is 13.3. The van der Waals surface area contributed by atoms with Gasteiger partial charge < -0.3 is 10.0 Å². The molecule has 0 aliphatic heterocycles. The molecule has 0 bridgehead atoms. The summed E-state index contributed by atoms with van der Waals surface area (Å²) in [6.07, 6.45) is 8.11. The number of thiol groups is 1. The highest BCUT2D eigenvalue weighted by atomic mass is 32.1. The van der Waals surface area contributed by atoms with Crippen LogP contribution in [0.1, 0.15) is 38.5 Å². The second kappa shape index (κ2) is 6.77. The first-order valence-electron chi connectivity index (χ1n) is 6.13. The predicted octanol–water partition coefficient (Wildman–Crippen LogP) is 2.18.